The second kappa shape index (κ2) is 7.05. The summed E-state index contributed by atoms with van der Waals surface area (Å²) in [4.78, 5) is 4.74. The van der Waals surface area contributed by atoms with Crippen molar-refractivity contribution in [1.82, 2.24) is 0 Å². The summed E-state index contributed by atoms with van der Waals surface area (Å²) in [6, 6.07) is 26.8. The highest BCUT2D eigenvalue weighted by atomic mass is 16.4. The molecule has 0 radical (unpaired) electrons. The molecule has 0 atom stereocenters. The van der Waals surface area contributed by atoms with Gasteiger partial charge in [-0.2, -0.15) is 0 Å². The summed E-state index contributed by atoms with van der Waals surface area (Å²) in [6.07, 6.45) is 0. The standard InChI is InChI=1S/C19H16BNO2/c22-20(23)17-12-7-13-18(14-17)21-19(15-8-3-1-4-9-15)16-10-5-2-6-11-16/h1-14,22-23H. The molecule has 3 nitrogen and oxygen atoms in total. The number of aliphatic imine (C=N–C) groups is 1. The van der Waals surface area contributed by atoms with Crippen molar-refractivity contribution in [3.05, 3.63) is 96.1 Å². The smallest absolute Gasteiger partial charge is 0.423 e. The normalized spacial score (nSPS) is 10.2. The van der Waals surface area contributed by atoms with E-state index in [0.717, 1.165) is 16.8 Å². The van der Waals surface area contributed by atoms with Gasteiger partial charge in [-0.3, -0.25) is 0 Å². The zero-order chi connectivity index (χ0) is 16.1. The average molecular weight is 301 g/mol. The Labute approximate surface area is 135 Å². The van der Waals surface area contributed by atoms with E-state index in [1.165, 1.54) is 0 Å². The van der Waals surface area contributed by atoms with Gasteiger partial charge in [0.1, 0.15) is 0 Å². The van der Waals surface area contributed by atoms with Crippen molar-refractivity contribution in [3.8, 4) is 0 Å². The maximum Gasteiger partial charge on any atom is 0.488 e. The van der Waals surface area contributed by atoms with E-state index < -0.39 is 7.12 Å². The molecule has 0 fully saturated rings. The molecule has 3 aromatic rings. The van der Waals surface area contributed by atoms with Gasteiger partial charge in [0.05, 0.1) is 11.4 Å². The van der Waals surface area contributed by atoms with Gasteiger partial charge in [-0.05, 0) is 17.6 Å². The Morgan fingerprint density at radius 1 is 0.696 bits per heavy atom. The number of hydrogen-bond donors (Lipinski definition) is 2. The van der Waals surface area contributed by atoms with Crippen molar-refractivity contribution >= 4 is 24.0 Å². The largest absolute Gasteiger partial charge is 0.488 e. The highest BCUT2D eigenvalue weighted by molar-refractivity contribution is 6.58. The van der Waals surface area contributed by atoms with Crippen LogP contribution < -0.4 is 5.46 Å². The average Bonchev–Trinajstić information content (AvgIpc) is 2.61. The first-order valence-electron chi connectivity index (χ1n) is 7.40. The Hall–Kier alpha value is -2.69. The van der Waals surface area contributed by atoms with E-state index >= 15 is 0 Å². The van der Waals surface area contributed by atoms with Crippen LogP contribution in [-0.4, -0.2) is 22.9 Å². The van der Waals surface area contributed by atoms with Crippen molar-refractivity contribution < 1.29 is 10.0 Å². The van der Waals surface area contributed by atoms with Crippen molar-refractivity contribution in [2.75, 3.05) is 0 Å². The predicted molar refractivity (Wildman–Crippen MR) is 94.5 cm³/mol. The summed E-state index contributed by atoms with van der Waals surface area (Å²) in [6.45, 7) is 0. The van der Waals surface area contributed by atoms with E-state index in [1.807, 2.05) is 66.7 Å². The molecule has 0 aliphatic rings. The third-order valence-corrected chi connectivity index (χ3v) is 3.50. The Kier molecular flexibility index (Phi) is 4.67. The summed E-state index contributed by atoms with van der Waals surface area (Å²) < 4.78 is 0. The number of benzene rings is 3. The molecule has 0 unspecified atom stereocenters. The van der Waals surface area contributed by atoms with E-state index in [-0.39, 0.29) is 0 Å². The van der Waals surface area contributed by atoms with E-state index in [2.05, 4.69) is 0 Å². The van der Waals surface area contributed by atoms with E-state index in [1.54, 1.807) is 18.2 Å². The van der Waals surface area contributed by atoms with E-state index in [0.29, 0.717) is 11.2 Å². The topological polar surface area (TPSA) is 52.8 Å². The van der Waals surface area contributed by atoms with Gasteiger partial charge < -0.3 is 10.0 Å². The zero-order valence-corrected chi connectivity index (χ0v) is 12.5. The molecule has 3 rings (SSSR count). The fourth-order valence-electron chi connectivity index (χ4n) is 2.37. The molecule has 2 N–H and O–H groups in total. The van der Waals surface area contributed by atoms with Gasteiger partial charge in [-0.1, -0.05) is 72.8 Å². The lowest BCUT2D eigenvalue weighted by molar-refractivity contribution is 0.426. The Morgan fingerprint density at radius 3 is 1.78 bits per heavy atom. The molecule has 0 aliphatic carbocycles. The lowest BCUT2D eigenvalue weighted by atomic mass is 9.80. The quantitative estimate of drug-likeness (QED) is 0.575. The summed E-state index contributed by atoms with van der Waals surface area (Å²) in [5.41, 5.74) is 3.96. The van der Waals surface area contributed by atoms with Crippen LogP contribution in [0.1, 0.15) is 11.1 Å². The second-order valence-corrected chi connectivity index (χ2v) is 5.16. The molecule has 0 heterocycles. The Balaban J connectivity index is 2.10. The summed E-state index contributed by atoms with van der Waals surface area (Å²) in [5, 5.41) is 18.6. The molecular formula is C19H16BNO2. The maximum absolute atomic E-state index is 9.32. The van der Waals surface area contributed by atoms with Crippen LogP contribution in [0.4, 0.5) is 5.69 Å². The molecule has 0 amide bonds. The molecule has 0 saturated heterocycles. The highest BCUT2D eigenvalue weighted by Crippen LogP contribution is 2.17. The lowest BCUT2D eigenvalue weighted by Gasteiger charge is -2.08. The molecule has 0 aromatic heterocycles. The summed E-state index contributed by atoms with van der Waals surface area (Å²) in [5.74, 6) is 0. The first kappa shape index (κ1) is 15.2. The van der Waals surface area contributed by atoms with Gasteiger partial charge in [0.2, 0.25) is 0 Å². The zero-order valence-electron chi connectivity index (χ0n) is 12.5. The summed E-state index contributed by atoms with van der Waals surface area (Å²) in [7, 11) is -1.50. The molecule has 112 valence electrons. The van der Waals surface area contributed by atoms with Crippen molar-refractivity contribution in [3.63, 3.8) is 0 Å². The minimum Gasteiger partial charge on any atom is -0.423 e. The van der Waals surface area contributed by atoms with Gasteiger partial charge in [-0.15, -0.1) is 0 Å². The Morgan fingerprint density at radius 2 is 1.26 bits per heavy atom. The minimum absolute atomic E-state index is 0.423. The molecule has 4 heteroatoms. The first-order valence-corrected chi connectivity index (χ1v) is 7.40. The molecule has 0 aliphatic heterocycles. The highest BCUT2D eigenvalue weighted by Gasteiger charge is 2.11. The van der Waals surface area contributed by atoms with Crippen LogP contribution in [0, 0.1) is 0 Å². The van der Waals surface area contributed by atoms with Crippen LogP contribution in [0.3, 0.4) is 0 Å². The molecule has 23 heavy (non-hydrogen) atoms. The number of rotatable bonds is 4. The number of hydrogen-bond acceptors (Lipinski definition) is 3. The molecular weight excluding hydrogens is 285 g/mol. The third-order valence-electron chi connectivity index (χ3n) is 3.50. The Bertz CT molecular complexity index is 760. The van der Waals surface area contributed by atoms with Gasteiger partial charge in [-0.25, -0.2) is 4.99 Å². The monoisotopic (exact) mass is 301 g/mol. The van der Waals surface area contributed by atoms with Gasteiger partial charge in [0.25, 0.3) is 0 Å². The van der Waals surface area contributed by atoms with Crippen LogP contribution in [0.25, 0.3) is 0 Å². The SMILES string of the molecule is OB(O)c1cccc(N=C(c2ccccc2)c2ccccc2)c1. The van der Waals surface area contributed by atoms with Gasteiger partial charge in [0, 0.05) is 11.1 Å². The van der Waals surface area contributed by atoms with Crippen LogP contribution in [-0.2, 0) is 0 Å². The van der Waals surface area contributed by atoms with Crippen LogP contribution in [0.2, 0.25) is 0 Å². The molecule has 0 spiro atoms. The van der Waals surface area contributed by atoms with Crippen molar-refractivity contribution in [2.45, 2.75) is 0 Å². The van der Waals surface area contributed by atoms with E-state index in [9.17, 15) is 10.0 Å². The fraction of sp³-hybridized carbons (Fsp3) is 0. The molecule has 0 bridgehead atoms. The van der Waals surface area contributed by atoms with Crippen LogP contribution >= 0.6 is 0 Å². The van der Waals surface area contributed by atoms with Gasteiger partial charge in [0.15, 0.2) is 0 Å². The van der Waals surface area contributed by atoms with Crippen molar-refractivity contribution in [1.29, 1.82) is 0 Å². The van der Waals surface area contributed by atoms with Crippen LogP contribution in [0.5, 0.6) is 0 Å². The maximum atomic E-state index is 9.32. The second-order valence-electron chi connectivity index (χ2n) is 5.16. The fourth-order valence-corrected chi connectivity index (χ4v) is 2.37. The lowest BCUT2D eigenvalue weighted by Crippen LogP contribution is -2.29. The van der Waals surface area contributed by atoms with Crippen molar-refractivity contribution in [2.24, 2.45) is 4.99 Å². The predicted octanol–water partition coefficient (Wildman–Crippen LogP) is 2.54. The number of nitrogens with zero attached hydrogens (tertiary/aromatic N) is 1. The molecule has 3 aromatic carbocycles. The van der Waals surface area contributed by atoms with E-state index in [4.69, 9.17) is 4.99 Å². The first-order chi connectivity index (χ1) is 11.2. The third kappa shape index (κ3) is 3.75. The molecule has 0 saturated carbocycles. The minimum atomic E-state index is -1.50. The summed E-state index contributed by atoms with van der Waals surface area (Å²) >= 11 is 0. The van der Waals surface area contributed by atoms with Crippen LogP contribution in [0.15, 0.2) is 89.9 Å². The van der Waals surface area contributed by atoms with Gasteiger partial charge >= 0.3 is 7.12 Å².